The van der Waals surface area contributed by atoms with Gasteiger partial charge in [-0.2, -0.15) is 0 Å². The number of carbonyl (C=O) groups is 2. The van der Waals surface area contributed by atoms with E-state index in [0.717, 1.165) is 12.1 Å². The Morgan fingerprint density at radius 3 is 2.73 bits per heavy atom. The van der Waals surface area contributed by atoms with Crippen molar-refractivity contribution in [2.75, 3.05) is 20.3 Å². The van der Waals surface area contributed by atoms with Crippen molar-refractivity contribution in [2.24, 2.45) is 5.92 Å². The number of ether oxygens (including phenoxy) is 3. The highest BCUT2D eigenvalue weighted by Gasteiger charge is 2.49. The summed E-state index contributed by atoms with van der Waals surface area (Å²) in [6.45, 7) is 0.823. The van der Waals surface area contributed by atoms with Crippen LogP contribution in [0.25, 0.3) is 0 Å². The van der Waals surface area contributed by atoms with Crippen LogP contribution in [-0.2, 0) is 20.6 Å². The first-order chi connectivity index (χ1) is 16.1. The minimum Gasteiger partial charge on any atom is -0.465 e. The first kappa shape index (κ1) is 22.0. The van der Waals surface area contributed by atoms with Crippen LogP contribution in [0.1, 0.15) is 64.6 Å². The first-order valence-corrected chi connectivity index (χ1v) is 11.8. The van der Waals surface area contributed by atoms with E-state index in [2.05, 4.69) is 15.6 Å². The minimum atomic E-state index is -0.480. The zero-order valence-corrected chi connectivity index (χ0v) is 18.8. The predicted octanol–water partition coefficient (Wildman–Crippen LogP) is 2.32. The van der Waals surface area contributed by atoms with Crippen LogP contribution >= 0.6 is 0 Å². The maximum atomic E-state index is 12.8. The molecule has 1 aromatic carbocycles. The number of hydrogen-bond donors (Lipinski definition) is 1. The number of esters is 1. The smallest absolute Gasteiger partial charge is 0.337 e. The second-order valence-corrected chi connectivity index (χ2v) is 9.21. The molecule has 2 aromatic rings. The Morgan fingerprint density at radius 1 is 1.12 bits per heavy atom. The average Bonchev–Trinajstić information content (AvgIpc) is 3.57. The number of nitrogens with zero attached hydrogens (tertiary/aromatic N) is 3. The average molecular weight is 455 g/mol. The summed E-state index contributed by atoms with van der Waals surface area (Å²) in [4.78, 5) is 24.6. The van der Waals surface area contributed by atoms with Crippen molar-refractivity contribution in [1.82, 2.24) is 20.3 Å². The van der Waals surface area contributed by atoms with Gasteiger partial charge >= 0.3 is 5.97 Å². The molecule has 1 N–H and O–H groups in total. The molecule has 0 bridgehead atoms. The Bertz CT molecular complexity index is 1000. The van der Waals surface area contributed by atoms with Gasteiger partial charge in [-0.3, -0.25) is 4.79 Å². The fourth-order valence-corrected chi connectivity index (χ4v) is 5.24. The molecule has 9 heteroatoms. The largest absolute Gasteiger partial charge is 0.465 e. The summed E-state index contributed by atoms with van der Waals surface area (Å²) < 4.78 is 18.7. The van der Waals surface area contributed by atoms with Crippen LogP contribution in [-0.4, -0.2) is 65.4 Å². The number of nitrogens with one attached hydrogen (secondary N) is 1. The van der Waals surface area contributed by atoms with Crippen molar-refractivity contribution >= 4 is 11.9 Å². The lowest BCUT2D eigenvalue weighted by Gasteiger charge is -2.20. The van der Waals surface area contributed by atoms with Crippen LogP contribution in [0.4, 0.5) is 0 Å². The highest BCUT2D eigenvalue weighted by Crippen LogP contribution is 2.34. The van der Waals surface area contributed by atoms with E-state index in [4.69, 9.17) is 14.2 Å². The molecule has 0 spiro atoms. The second-order valence-electron chi connectivity index (χ2n) is 9.21. The molecule has 1 saturated carbocycles. The number of amides is 1. The number of methoxy groups -OCH3 is 1. The molecule has 2 aliphatic heterocycles. The van der Waals surface area contributed by atoms with Crippen LogP contribution in [0.15, 0.2) is 30.5 Å². The van der Waals surface area contributed by atoms with E-state index in [-0.39, 0.29) is 30.2 Å². The molecule has 4 atom stereocenters. The zero-order chi connectivity index (χ0) is 22.8. The highest BCUT2D eigenvalue weighted by molar-refractivity contribution is 5.98. The van der Waals surface area contributed by atoms with Gasteiger partial charge in [0, 0.05) is 11.8 Å². The number of hydrogen-bond acceptors (Lipinski definition) is 7. The topological polar surface area (TPSA) is 105 Å². The molecule has 0 radical (unpaired) electrons. The van der Waals surface area contributed by atoms with Crippen molar-refractivity contribution < 1.29 is 23.8 Å². The summed E-state index contributed by atoms with van der Waals surface area (Å²) >= 11 is 0. The highest BCUT2D eigenvalue weighted by atomic mass is 16.6. The van der Waals surface area contributed by atoms with Crippen molar-refractivity contribution in [3.63, 3.8) is 0 Å². The standard InChI is InChI=1S/C24H30N4O5/c1-31-24(30)17-9-5-8-16(11-17)23(29)25-19-13-32-22-20(14-33-21(19)22)28-12-18(26-27-28)10-15-6-3-2-4-7-15/h5,8-9,11-12,15,19-22H,2-4,6-7,10,13-14H2,1H3,(H,25,29). The number of aromatic nitrogens is 3. The summed E-state index contributed by atoms with van der Waals surface area (Å²) in [5.74, 6) is -0.0550. The Hall–Kier alpha value is -2.78. The molecule has 9 nitrogen and oxygen atoms in total. The van der Waals surface area contributed by atoms with Gasteiger partial charge in [0.15, 0.2) is 0 Å². The molecule has 3 fully saturated rings. The van der Waals surface area contributed by atoms with E-state index in [0.29, 0.717) is 30.3 Å². The molecule has 1 aliphatic carbocycles. The minimum absolute atomic E-state index is 0.0628. The Balaban J connectivity index is 1.20. The van der Waals surface area contributed by atoms with E-state index >= 15 is 0 Å². The number of carbonyl (C=O) groups excluding carboxylic acids is 2. The Morgan fingerprint density at radius 2 is 1.91 bits per heavy atom. The van der Waals surface area contributed by atoms with Crippen LogP contribution in [0, 0.1) is 5.92 Å². The second kappa shape index (κ2) is 9.61. The van der Waals surface area contributed by atoms with Crippen LogP contribution in [0.3, 0.4) is 0 Å². The van der Waals surface area contributed by atoms with Gasteiger partial charge in [-0.05, 0) is 30.5 Å². The normalized spacial score (nSPS) is 27.3. The molecule has 33 heavy (non-hydrogen) atoms. The molecule has 3 heterocycles. The maximum absolute atomic E-state index is 12.8. The Labute approximate surface area is 192 Å². The SMILES string of the molecule is COC(=O)c1cccc(C(=O)NC2COC3C2OCC3n2cc(CC3CCCCC3)nn2)c1. The van der Waals surface area contributed by atoms with Gasteiger partial charge in [0.1, 0.15) is 18.2 Å². The molecule has 3 aliphatic rings. The van der Waals surface area contributed by atoms with Crippen LogP contribution in [0.5, 0.6) is 0 Å². The van der Waals surface area contributed by atoms with E-state index in [1.165, 1.54) is 45.3 Å². The van der Waals surface area contributed by atoms with Crippen LogP contribution in [0.2, 0.25) is 0 Å². The molecular weight excluding hydrogens is 424 g/mol. The zero-order valence-electron chi connectivity index (χ0n) is 18.8. The third-order valence-corrected chi connectivity index (χ3v) is 7.01. The van der Waals surface area contributed by atoms with E-state index in [1.807, 2.05) is 10.9 Å². The fourth-order valence-electron chi connectivity index (χ4n) is 5.24. The molecule has 1 aromatic heterocycles. The van der Waals surface area contributed by atoms with E-state index in [9.17, 15) is 9.59 Å². The summed E-state index contributed by atoms with van der Waals surface area (Å²) in [6, 6.07) is 6.12. The molecular formula is C24H30N4O5. The van der Waals surface area contributed by atoms with Gasteiger partial charge < -0.3 is 19.5 Å². The third-order valence-electron chi connectivity index (χ3n) is 7.01. The maximum Gasteiger partial charge on any atom is 0.337 e. The lowest BCUT2D eigenvalue weighted by molar-refractivity contribution is 0.0600. The monoisotopic (exact) mass is 454 g/mol. The number of benzene rings is 1. The molecule has 5 rings (SSSR count). The lowest BCUT2D eigenvalue weighted by atomic mass is 9.86. The van der Waals surface area contributed by atoms with Crippen molar-refractivity contribution in [2.45, 2.75) is 62.8 Å². The number of rotatable bonds is 6. The van der Waals surface area contributed by atoms with Gasteiger partial charge in [-0.25, -0.2) is 9.48 Å². The van der Waals surface area contributed by atoms with Gasteiger partial charge in [0.25, 0.3) is 5.91 Å². The lowest BCUT2D eigenvalue weighted by Crippen LogP contribution is -2.44. The van der Waals surface area contributed by atoms with Crippen molar-refractivity contribution in [1.29, 1.82) is 0 Å². The fraction of sp³-hybridized carbons (Fsp3) is 0.583. The van der Waals surface area contributed by atoms with Crippen molar-refractivity contribution in [3.05, 3.63) is 47.3 Å². The molecule has 4 unspecified atom stereocenters. The van der Waals surface area contributed by atoms with Gasteiger partial charge in [0.2, 0.25) is 0 Å². The molecule has 1 amide bonds. The van der Waals surface area contributed by atoms with E-state index < -0.39 is 5.97 Å². The number of fused-ring (bicyclic) bond motifs is 1. The van der Waals surface area contributed by atoms with Gasteiger partial charge in [-0.15, -0.1) is 5.10 Å². The summed E-state index contributed by atoms with van der Waals surface area (Å²) in [5, 5.41) is 11.8. The van der Waals surface area contributed by atoms with Gasteiger partial charge in [-0.1, -0.05) is 43.4 Å². The molecule has 2 saturated heterocycles. The predicted molar refractivity (Wildman–Crippen MR) is 118 cm³/mol. The summed E-state index contributed by atoms with van der Waals surface area (Å²) in [6.07, 6.45) is 9.07. The summed E-state index contributed by atoms with van der Waals surface area (Å²) in [7, 11) is 1.31. The Kier molecular flexibility index (Phi) is 6.41. The van der Waals surface area contributed by atoms with Crippen LogP contribution < -0.4 is 5.32 Å². The van der Waals surface area contributed by atoms with Gasteiger partial charge in [0.05, 0.1) is 37.6 Å². The first-order valence-electron chi connectivity index (χ1n) is 11.8. The molecule has 176 valence electrons. The summed E-state index contributed by atoms with van der Waals surface area (Å²) in [5.41, 5.74) is 1.75. The van der Waals surface area contributed by atoms with E-state index in [1.54, 1.807) is 18.2 Å². The quantitative estimate of drug-likeness (QED) is 0.668. The van der Waals surface area contributed by atoms with Crippen molar-refractivity contribution in [3.8, 4) is 0 Å². The third kappa shape index (κ3) is 4.65.